The van der Waals surface area contributed by atoms with Crippen LogP contribution in [0.15, 0.2) is 54.7 Å². The highest BCUT2D eigenvalue weighted by Crippen LogP contribution is 2.28. The maximum absolute atomic E-state index is 8.79. The van der Waals surface area contributed by atoms with Gasteiger partial charge < -0.3 is 14.6 Å². The maximum atomic E-state index is 8.79. The number of benzene rings is 2. The van der Waals surface area contributed by atoms with E-state index in [2.05, 4.69) is 4.98 Å². The molecule has 3 heteroatoms. The number of aromatic amines is 1. The van der Waals surface area contributed by atoms with Crippen LogP contribution >= 0.6 is 0 Å². The summed E-state index contributed by atoms with van der Waals surface area (Å²) in [6.07, 6.45) is 1.04. The van der Waals surface area contributed by atoms with Crippen molar-refractivity contribution in [3.05, 3.63) is 65.9 Å². The summed E-state index contributed by atoms with van der Waals surface area (Å²) in [5.41, 5.74) is 2.32. The van der Waals surface area contributed by atoms with Gasteiger partial charge in [-0.2, -0.15) is 0 Å². The smallest absolute Gasteiger partial charge is 0.120 e. The second kappa shape index (κ2) is 6.70. The number of hydrogen-bond donors (Lipinski definition) is 1. The lowest BCUT2D eigenvalue weighted by molar-refractivity contribution is 0.306. The number of hydrogen-bond acceptors (Lipinski definition) is 2. The standard InChI is InChI=1S/C21H24N2O/c1-23-11-5-8-18(23)12-17-14-22-21-10-9-19(13-20(17)21)24-15-16-6-3-2-4-7-16/h2-4,6-7,9-10,13-14,18,22H,5,8,11-12,15H2,1H3/t18-/m1/s1/i1D3,12D2. The van der Waals surface area contributed by atoms with Gasteiger partial charge in [0.2, 0.25) is 0 Å². The summed E-state index contributed by atoms with van der Waals surface area (Å²) in [6.45, 7) is -1.49. The van der Waals surface area contributed by atoms with Crippen molar-refractivity contribution in [2.24, 2.45) is 0 Å². The Kier molecular flexibility index (Phi) is 2.95. The van der Waals surface area contributed by atoms with Crippen LogP contribution in [0.3, 0.4) is 0 Å². The van der Waals surface area contributed by atoms with Crippen molar-refractivity contribution in [3.8, 4) is 5.75 Å². The molecule has 1 saturated heterocycles. The molecule has 0 saturated carbocycles. The first-order valence-corrected chi connectivity index (χ1v) is 8.32. The highest BCUT2D eigenvalue weighted by Gasteiger charge is 2.22. The second-order valence-corrected chi connectivity index (χ2v) is 6.18. The van der Waals surface area contributed by atoms with Crippen LogP contribution in [-0.2, 0) is 13.0 Å². The van der Waals surface area contributed by atoms with E-state index in [-0.39, 0.29) is 0 Å². The minimum atomic E-state index is -2.30. The van der Waals surface area contributed by atoms with Crippen LogP contribution < -0.4 is 4.74 Å². The lowest BCUT2D eigenvalue weighted by Gasteiger charge is -2.18. The fourth-order valence-electron chi connectivity index (χ4n) is 3.15. The average molecular weight is 325 g/mol. The van der Waals surface area contributed by atoms with Gasteiger partial charge in [-0.05, 0) is 62.1 Å². The summed E-state index contributed by atoms with van der Waals surface area (Å²) in [5, 5.41) is 0.720. The van der Waals surface area contributed by atoms with E-state index in [9.17, 15) is 0 Å². The van der Waals surface area contributed by atoms with Crippen LogP contribution in [0, 0.1) is 0 Å². The predicted molar refractivity (Wildman–Crippen MR) is 98.4 cm³/mol. The zero-order chi connectivity index (χ0) is 20.6. The van der Waals surface area contributed by atoms with Crippen molar-refractivity contribution >= 4 is 10.9 Å². The summed E-state index contributed by atoms with van der Waals surface area (Å²) < 4.78 is 46.8. The van der Waals surface area contributed by atoms with E-state index in [1.807, 2.05) is 48.5 Å². The van der Waals surface area contributed by atoms with E-state index < -0.39 is 19.4 Å². The molecular weight excluding hydrogens is 296 g/mol. The van der Waals surface area contributed by atoms with Crippen LogP contribution in [0.2, 0.25) is 0 Å². The molecule has 1 aliphatic rings. The molecule has 0 aliphatic carbocycles. The molecule has 3 aromatic rings. The largest absolute Gasteiger partial charge is 0.489 e. The number of H-pyrrole nitrogens is 1. The molecule has 1 aromatic heterocycles. The topological polar surface area (TPSA) is 28.3 Å². The SMILES string of the molecule is [2H]C([2H])(c1c[nH]c2ccc(OCc3ccccc3)cc12)[C@H]1CCCN1C([2H])([2H])[2H]. The average Bonchev–Trinajstić information content (AvgIpc) is 3.34. The number of likely N-dealkylation sites (tertiary alicyclic amines) is 1. The van der Waals surface area contributed by atoms with Gasteiger partial charge in [-0.25, -0.2) is 0 Å². The van der Waals surface area contributed by atoms with Gasteiger partial charge in [0.25, 0.3) is 0 Å². The first-order valence-electron chi connectivity index (χ1n) is 10.8. The number of aromatic nitrogens is 1. The number of ether oxygens (including phenoxy) is 1. The predicted octanol–water partition coefficient (Wildman–Crippen LogP) is 4.38. The molecule has 24 heavy (non-hydrogen) atoms. The maximum Gasteiger partial charge on any atom is 0.120 e. The Morgan fingerprint density at radius 3 is 3.08 bits per heavy atom. The highest BCUT2D eigenvalue weighted by molar-refractivity contribution is 5.84. The van der Waals surface area contributed by atoms with E-state index in [1.54, 1.807) is 6.20 Å². The molecular formula is C21H24N2O. The highest BCUT2D eigenvalue weighted by atomic mass is 16.5. The van der Waals surface area contributed by atoms with Crippen LogP contribution in [0.5, 0.6) is 5.75 Å². The van der Waals surface area contributed by atoms with Crippen molar-refractivity contribution in [2.45, 2.75) is 31.9 Å². The Morgan fingerprint density at radius 2 is 2.21 bits per heavy atom. The summed E-state index contributed by atoms with van der Waals surface area (Å²) >= 11 is 0. The number of rotatable bonds is 5. The normalized spacial score (nSPS) is 22.5. The van der Waals surface area contributed by atoms with Crippen molar-refractivity contribution < 1.29 is 11.6 Å². The third-order valence-electron chi connectivity index (χ3n) is 4.48. The Balaban J connectivity index is 1.63. The van der Waals surface area contributed by atoms with E-state index in [1.165, 1.54) is 4.90 Å². The Hall–Kier alpha value is -2.26. The molecule has 2 heterocycles. The van der Waals surface area contributed by atoms with Crippen LogP contribution in [0.1, 0.15) is 30.8 Å². The van der Waals surface area contributed by atoms with Gasteiger partial charge in [0.05, 0.1) is 0 Å². The third-order valence-corrected chi connectivity index (χ3v) is 4.48. The molecule has 0 spiro atoms. The summed E-state index contributed by atoms with van der Waals surface area (Å²) in [7, 11) is 0. The molecule has 2 aromatic carbocycles. The van der Waals surface area contributed by atoms with E-state index >= 15 is 0 Å². The van der Waals surface area contributed by atoms with Crippen molar-refractivity contribution in [3.63, 3.8) is 0 Å². The molecule has 1 aliphatic heterocycles. The van der Waals surface area contributed by atoms with Gasteiger partial charge >= 0.3 is 0 Å². The molecule has 1 atom stereocenters. The van der Waals surface area contributed by atoms with Gasteiger partial charge in [-0.1, -0.05) is 30.3 Å². The Labute approximate surface area is 150 Å². The first kappa shape index (κ1) is 10.6. The van der Waals surface area contributed by atoms with Crippen molar-refractivity contribution in [2.75, 3.05) is 13.5 Å². The summed E-state index contributed by atoms with van der Waals surface area (Å²) in [5.74, 6) is 0.650. The lowest BCUT2D eigenvalue weighted by atomic mass is 10.0. The molecule has 1 fully saturated rings. The lowest BCUT2D eigenvalue weighted by Crippen LogP contribution is -2.26. The molecule has 0 bridgehead atoms. The van der Waals surface area contributed by atoms with Crippen LogP contribution in [0.4, 0.5) is 0 Å². The van der Waals surface area contributed by atoms with Gasteiger partial charge in [0.15, 0.2) is 0 Å². The van der Waals surface area contributed by atoms with Crippen LogP contribution in [-0.4, -0.2) is 29.4 Å². The molecule has 3 nitrogen and oxygen atoms in total. The third kappa shape index (κ3) is 3.17. The monoisotopic (exact) mass is 325 g/mol. The van der Waals surface area contributed by atoms with E-state index in [0.29, 0.717) is 37.3 Å². The molecule has 4 rings (SSSR count). The number of likely N-dealkylation sites (N-methyl/N-ethyl adjacent to an activating group) is 1. The van der Waals surface area contributed by atoms with E-state index in [4.69, 9.17) is 11.6 Å². The number of fused-ring (bicyclic) bond motifs is 1. The molecule has 1 N–H and O–H groups in total. The fraction of sp³-hybridized carbons (Fsp3) is 0.333. The summed E-state index contributed by atoms with van der Waals surface area (Å²) in [4.78, 5) is 4.44. The number of nitrogens with zero attached hydrogens (tertiary/aromatic N) is 1. The van der Waals surface area contributed by atoms with E-state index in [0.717, 1.165) is 16.5 Å². The minimum Gasteiger partial charge on any atom is -0.489 e. The molecule has 124 valence electrons. The quantitative estimate of drug-likeness (QED) is 0.754. The van der Waals surface area contributed by atoms with Gasteiger partial charge in [0.1, 0.15) is 12.4 Å². The second-order valence-electron chi connectivity index (χ2n) is 6.18. The Bertz CT molecular complexity index is 984. The molecule has 0 unspecified atom stereocenters. The molecule has 0 amide bonds. The fourth-order valence-corrected chi connectivity index (χ4v) is 3.15. The minimum absolute atomic E-state index is 0.383. The Morgan fingerprint density at radius 1 is 1.29 bits per heavy atom. The zero-order valence-corrected chi connectivity index (χ0v) is 13.5. The van der Waals surface area contributed by atoms with Gasteiger partial charge in [0, 0.05) is 30.0 Å². The van der Waals surface area contributed by atoms with Crippen molar-refractivity contribution in [1.29, 1.82) is 0 Å². The molecule has 0 radical (unpaired) electrons. The number of nitrogens with one attached hydrogen (secondary N) is 1. The van der Waals surface area contributed by atoms with Gasteiger partial charge in [-0.3, -0.25) is 0 Å². The summed E-state index contributed by atoms with van der Waals surface area (Å²) in [6, 6.07) is 14.7. The first-order chi connectivity index (χ1) is 13.8. The van der Waals surface area contributed by atoms with Crippen molar-refractivity contribution in [1.82, 2.24) is 9.88 Å². The van der Waals surface area contributed by atoms with Gasteiger partial charge in [-0.15, -0.1) is 0 Å². The zero-order valence-electron chi connectivity index (χ0n) is 18.5. The van der Waals surface area contributed by atoms with Crippen LogP contribution in [0.25, 0.3) is 10.9 Å².